The van der Waals surface area contributed by atoms with Crippen molar-refractivity contribution >= 4 is 27.8 Å². The number of aliphatic carboxylic acids is 1. The molecule has 0 aromatic heterocycles. The second-order valence-corrected chi connectivity index (χ2v) is 14.0. The Bertz CT molecular complexity index is 1990. The molecule has 0 saturated carbocycles. The number of carbonyl (C=O) groups excluding carboxylic acids is 2. The molecule has 4 N–H and O–H groups in total. The number of alkyl halides is 3. The summed E-state index contributed by atoms with van der Waals surface area (Å²) in [7, 11) is -3.80. The van der Waals surface area contributed by atoms with E-state index < -0.39 is 28.0 Å². The van der Waals surface area contributed by atoms with Gasteiger partial charge in [0.15, 0.2) is 0 Å². The third-order valence-electron chi connectivity index (χ3n) is 8.43. The third kappa shape index (κ3) is 13.1. The monoisotopic (exact) mass is 756 g/mol. The normalized spacial score (nSPS) is 13.2. The Balaban J connectivity index is 0.000000815. The zero-order valence-corrected chi connectivity index (χ0v) is 29.5. The molecule has 1 saturated heterocycles. The molecule has 2 amide bonds. The minimum absolute atomic E-state index is 0.0238. The van der Waals surface area contributed by atoms with E-state index in [0.717, 1.165) is 41.9 Å². The predicted octanol–water partition coefficient (Wildman–Crippen LogP) is 5.41. The van der Waals surface area contributed by atoms with Gasteiger partial charge in [-0.25, -0.2) is 22.7 Å². The molecule has 0 aliphatic carbocycles. The van der Waals surface area contributed by atoms with E-state index in [4.69, 9.17) is 15.0 Å². The van der Waals surface area contributed by atoms with Gasteiger partial charge in [0.25, 0.3) is 5.91 Å². The van der Waals surface area contributed by atoms with Gasteiger partial charge < -0.3 is 20.2 Å². The molecule has 0 bridgehead atoms. The molecule has 0 unspecified atom stereocenters. The SMILES string of the molecule is NS(=O)(=O)c1ccc(CCN(Cc2cccc(-c3cccc(C(=O)NCCN4CCCC4)c3)c2)C(=O)Cc2cccc(F)c2)cc1.O=C(O)C(F)(F)F. The van der Waals surface area contributed by atoms with E-state index in [0.29, 0.717) is 37.2 Å². The topological polar surface area (TPSA) is 150 Å². The Hall–Kier alpha value is -5.12. The standard InChI is InChI=1S/C36H39FN4O4S.C2HF3O2/c37-33-11-4-6-28(23-33)24-35(42)41(20-16-27-12-14-34(15-13-27)46(38,44)45)26-29-7-3-8-30(22-29)31-9-5-10-32(25-31)36(43)39-17-21-40-18-1-2-19-40;3-2(4,5)1(6)7/h3-15,22-23,25H,1-2,16-21,24,26H2,(H,39,43)(H2,38,44,45);(H,6,7). The highest BCUT2D eigenvalue weighted by Gasteiger charge is 2.38. The van der Waals surface area contributed by atoms with Crippen molar-refractivity contribution in [3.8, 4) is 11.1 Å². The highest BCUT2D eigenvalue weighted by Crippen LogP contribution is 2.23. The maximum Gasteiger partial charge on any atom is 0.490 e. The Morgan fingerprint density at radius 3 is 2.06 bits per heavy atom. The Morgan fingerprint density at radius 1 is 0.830 bits per heavy atom. The number of nitrogens with one attached hydrogen (secondary N) is 1. The number of hydrogen-bond acceptors (Lipinski definition) is 6. The number of carboxylic acid groups (broad SMARTS) is 1. The lowest BCUT2D eigenvalue weighted by Gasteiger charge is -2.24. The van der Waals surface area contributed by atoms with E-state index in [9.17, 15) is 35.6 Å². The largest absolute Gasteiger partial charge is 0.490 e. The van der Waals surface area contributed by atoms with E-state index in [1.165, 1.54) is 37.1 Å². The maximum absolute atomic E-state index is 13.9. The quantitative estimate of drug-likeness (QED) is 0.155. The van der Waals surface area contributed by atoms with Gasteiger partial charge in [-0.3, -0.25) is 9.59 Å². The average molecular weight is 757 g/mol. The molecule has 1 fully saturated rings. The predicted molar refractivity (Wildman–Crippen MR) is 191 cm³/mol. The van der Waals surface area contributed by atoms with Crippen molar-refractivity contribution in [3.63, 3.8) is 0 Å². The van der Waals surface area contributed by atoms with Crippen LogP contribution in [-0.2, 0) is 39.0 Å². The van der Waals surface area contributed by atoms with E-state index in [2.05, 4.69) is 10.2 Å². The maximum atomic E-state index is 13.9. The fourth-order valence-electron chi connectivity index (χ4n) is 5.68. The van der Waals surface area contributed by atoms with Crippen molar-refractivity contribution < 1.29 is 45.5 Å². The van der Waals surface area contributed by atoms with Crippen molar-refractivity contribution in [1.82, 2.24) is 15.1 Å². The van der Waals surface area contributed by atoms with Crippen LogP contribution in [0.1, 0.15) is 39.9 Å². The summed E-state index contributed by atoms with van der Waals surface area (Å²) in [5.41, 5.74) is 4.72. The van der Waals surface area contributed by atoms with Crippen molar-refractivity contribution in [2.75, 3.05) is 32.7 Å². The number of benzene rings is 4. The summed E-state index contributed by atoms with van der Waals surface area (Å²) in [4.78, 5) is 39.4. The number of halogens is 4. The number of carbonyl (C=O) groups is 3. The third-order valence-corrected chi connectivity index (χ3v) is 9.36. The van der Waals surface area contributed by atoms with Crippen LogP contribution in [0.25, 0.3) is 11.1 Å². The van der Waals surface area contributed by atoms with Crippen LogP contribution in [0.3, 0.4) is 0 Å². The van der Waals surface area contributed by atoms with E-state index in [1.807, 2.05) is 42.5 Å². The van der Waals surface area contributed by atoms with Crippen LogP contribution in [0, 0.1) is 5.82 Å². The molecule has 4 aromatic carbocycles. The molecule has 1 aliphatic rings. The van der Waals surface area contributed by atoms with Gasteiger partial charge >= 0.3 is 12.1 Å². The first-order valence-electron chi connectivity index (χ1n) is 16.7. The molecule has 53 heavy (non-hydrogen) atoms. The molecule has 15 heteroatoms. The first-order chi connectivity index (χ1) is 25.1. The minimum Gasteiger partial charge on any atom is -0.475 e. The molecule has 1 heterocycles. The fraction of sp³-hybridized carbons (Fsp3) is 0.289. The zero-order chi connectivity index (χ0) is 38.6. The van der Waals surface area contributed by atoms with Crippen LogP contribution in [0.5, 0.6) is 0 Å². The number of nitrogens with two attached hydrogens (primary N) is 1. The number of amides is 2. The van der Waals surface area contributed by atoms with Crippen LogP contribution < -0.4 is 10.5 Å². The second-order valence-electron chi connectivity index (χ2n) is 12.4. The second kappa shape index (κ2) is 18.6. The summed E-state index contributed by atoms with van der Waals surface area (Å²) in [6.07, 6.45) is -2.14. The van der Waals surface area contributed by atoms with Crippen molar-refractivity contribution in [3.05, 3.63) is 125 Å². The van der Waals surface area contributed by atoms with Crippen LogP contribution in [0.2, 0.25) is 0 Å². The van der Waals surface area contributed by atoms with E-state index in [1.54, 1.807) is 35.2 Å². The molecule has 4 aromatic rings. The van der Waals surface area contributed by atoms with Gasteiger partial charge in [-0.15, -0.1) is 0 Å². The van der Waals surface area contributed by atoms with Gasteiger partial charge in [0, 0.05) is 31.7 Å². The van der Waals surface area contributed by atoms with Crippen molar-refractivity contribution in [2.24, 2.45) is 5.14 Å². The van der Waals surface area contributed by atoms with Gasteiger partial charge in [0.05, 0.1) is 11.3 Å². The molecule has 0 radical (unpaired) electrons. The molecule has 282 valence electrons. The van der Waals surface area contributed by atoms with Gasteiger partial charge in [-0.2, -0.15) is 13.2 Å². The molecular formula is C38H40F4N4O6S. The first kappa shape index (κ1) is 40.6. The summed E-state index contributed by atoms with van der Waals surface area (Å²) in [6, 6.07) is 27.6. The first-order valence-corrected chi connectivity index (χ1v) is 18.3. The molecule has 5 rings (SSSR count). The lowest BCUT2D eigenvalue weighted by Crippen LogP contribution is -2.33. The lowest BCUT2D eigenvalue weighted by atomic mass is 10.0. The van der Waals surface area contributed by atoms with Crippen LogP contribution in [0.4, 0.5) is 17.6 Å². The number of carboxylic acids is 1. The number of sulfonamides is 1. The Kier molecular flexibility index (Phi) is 14.2. The number of nitrogens with zero attached hydrogens (tertiary/aromatic N) is 2. The van der Waals surface area contributed by atoms with Crippen molar-refractivity contribution in [1.29, 1.82) is 0 Å². The van der Waals surface area contributed by atoms with Crippen LogP contribution >= 0.6 is 0 Å². The van der Waals surface area contributed by atoms with Crippen molar-refractivity contribution in [2.45, 2.75) is 43.3 Å². The van der Waals surface area contributed by atoms with Gasteiger partial charge in [-0.05, 0) is 103 Å². The summed E-state index contributed by atoms with van der Waals surface area (Å²) >= 11 is 0. The smallest absolute Gasteiger partial charge is 0.475 e. The van der Waals surface area contributed by atoms with E-state index in [-0.39, 0.29) is 23.1 Å². The highest BCUT2D eigenvalue weighted by molar-refractivity contribution is 7.89. The van der Waals surface area contributed by atoms with Crippen LogP contribution in [-0.4, -0.2) is 80.0 Å². The number of likely N-dealkylation sites (tertiary alicyclic amines) is 1. The van der Waals surface area contributed by atoms with Gasteiger partial charge in [0.1, 0.15) is 5.82 Å². The highest BCUT2D eigenvalue weighted by atomic mass is 32.2. The molecule has 0 spiro atoms. The summed E-state index contributed by atoms with van der Waals surface area (Å²) in [5, 5.41) is 15.4. The number of primary sulfonamides is 1. The number of hydrogen-bond donors (Lipinski definition) is 3. The van der Waals surface area contributed by atoms with Gasteiger partial charge in [-0.1, -0.05) is 54.6 Å². The summed E-state index contributed by atoms with van der Waals surface area (Å²) in [5.74, 6) is -3.43. The molecule has 1 aliphatic heterocycles. The Morgan fingerprint density at radius 2 is 1.43 bits per heavy atom. The summed E-state index contributed by atoms with van der Waals surface area (Å²) in [6.45, 7) is 4.30. The zero-order valence-electron chi connectivity index (χ0n) is 28.7. The van der Waals surface area contributed by atoms with Gasteiger partial charge in [0.2, 0.25) is 15.9 Å². The minimum atomic E-state index is -5.08. The average Bonchev–Trinajstić information content (AvgIpc) is 3.63. The fourth-order valence-corrected chi connectivity index (χ4v) is 6.20. The molecule has 10 nitrogen and oxygen atoms in total. The van der Waals surface area contributed by atoms with E-state index >= 15 is 0 Å². The molecule has 0 atom stereocenters. The Labute approximate surface area is 305 Å². The summed E-state index contributed by atoms with van der Waals surface area (Å²) < 4.78 is 68.9. The van der Waals surface area contributed by atoms with Crippen LogP contribution in [0.15, 0.2) is 102 Å². The number of rotatable bonds is 13. The lowest BCUT2D eigenvalue weighted by molar-refractivity contribution is -0.192. The molecular weight excluding hydrogens is 716 g/mol.